The van der Waals surface area contributed by atoms with Crippen molar-refractivity contribution in [1.29, 1.82) is 0 Å². The number of carboxylic acid groups (broad SMARTS) is 1. The Bertz CT molecular complexity index is 572. The molecule has 1 aliphatic carbocycles. The normalized spacial score (nSPS) is 24.8. The molecule has 0 amide bonds. The third-order valence-corrected chi connectivity index (χ3v) is 4.27. The smallest absolute Gasteiger partial charge is 0.331 e. The molecule has 6 heteroatoms. The molecule has 0 radical (unpaired) electrons. The lowest BCUT2D eigenvalue weighted by Crippen LogP contribution is -2.40. The molecule has 0 spiro atoms. The number of hydrogen-bond donors (Lipinski definition) is 1. The highest BCUT2D eigenvalue weighted by Gasteiger charge is 2.37. The number of esters is 2. The highest BCUT2D eigenvalue weighted by molar-refractivity contribution is 5.86. The van der Waals surface area contributed by atoms with Gasteiger partial charge < -0.3 is 14.6 Å². The second kappa shape index (κ2) is 9.39. The largest absolute Gasteiger partial charge is 0.478 e. The molecule has 0 heterocycles. The molecule has 1 rings (SSSR count). The summed E-state index contributed by atoms with van der Waals surface area (Å²) < 4.78 is 11.0. The van der Waals surface area contributed by atoms with Gasteiger partial charge in [0.2, 0.25) is 0 Å². The van der Waals surface area contributed by atoms with Crippen LogP contribution in [0.1, 0.15) is 53.9 Å². The van der Waals surface area contributed by atoms with E-state index in [1.165, 1.54) is 13.8 Å². The van der Waals surface area contributed by atoms with Gasteiger partial charge in [-0.25, -0.2) is 4.79 Å². The van der Waals surface area contributed by atoms with Gasteiger partial charge in [-0.15, -0.1) is 0 Å². The minimum atomic E-state index is -1.02. The van der Waals surface area contributed by atoms with Crippen molar-refractivity contribution >= 4 is 17.9 Å². The van der Waals surface area contributed by atoms with Gasteiger partial charge in [0.25, 0.3) is 0 Å². The molecule has 0 aromatic heterocycles. The van der Waals surface area contributed by atoms with Gasteiger partial charge in [-0.05, 0) is 31.8 Å². The van der Waals surface area contributed by atoms with Crippen LogP contribution in [0.25, 0.3) is 0 Å². The molecule has 6 nitrogen and oxygen atoms in total. The molecule has 25 heavy (non-hydrogen) atoms. The summed E-state index contributed by atoms with van der Waals surface area (Å²) in [5.74, 6) is -2.27. The maximum absolute atomic E-state index is 11.6. The van der Waals surface area contributed by atoms with E-state index in [0.717, 1.165) is 5.57 Å². The van der Waals surface area contributed by atoms with Gasteiger partial charge in [0, 0.05) is 31.8 Å². The lowest BCUT2D eigenvalue weighted by Gasteiger charge is -2.35. The van der Waals surface area contributed by atoms with Crippen molar-refractivity contribution in [3.05, 3.63) is 23.3 Å². The van der Waals surface area contributed by atoms with Gasteiger partial charge in [0.05, 0.1) is 0 Å². The van der Waals surface area contributed by atoms with Crippen LogP contribution in [0.5, 0.6) is 0 Å². The van der Waals surface area contributed by atoms with E-state index in [0.29, 0.717) is 12.8 Å². The first-order valence-electron chi connectivity index (χ1n) is 8.55. The molecular weight excluding hydrogens is 324 g/mol. The van der Waals surface area contributed by atoms with Gasteiger partial charge in [-0.1, -0.05) is 25.5 Å². The number of allylic oxidation sites excluding steroid dienone is 2. The molecule has 0 aromatic rings. The third kappa shape index (κ3) is 6.72. The van der Waals surface area contributed by atoms with Crippen molar-refractivity contribution in [2.45, 2.75) is 66.1 Å². The summed E-state index contributed by atoms with van der Waals surface area (Å²) >= 11 is 0. The molecule has 1 N–H and O–H groups in total. The summed E-state index contributed by atoms with van der Waals surface area (Å²) in [6.45, 7) is 8.43. The Morgan fingerprint density at radius 1 is 1.16 bits per heavy atom. The summed E-state index contributed by atoms with van der Waals surface area (Å²) in [4.78, 5) is 34.7. The molecule has 0 fully saturated rings. The zero-order valence-corrected chi connectivity index (χ0v) is 15.6. The molecule has 1 aliphatic rings. The standard InChI is InChI=1S/C19H28O6/c1-11(2)18-16(24-13(4)20)9-12(3)7-6-8-15(19(22)23)10-17(18)25-14(5)21/h8-9,11,16-18H,6-7,10H2,1-5H3,(H,22,23). The Labute approximate surface area is 148 Å². The fourth-order valence-corrected chi connectivity index (χ4v) is 3.22. The number of aliphatic carboxylic acids is 1. The summed E-state index contributed by atoms with van der Waals surface area (Å²) in [6.07, 6.45) is 3.64. The first-order valence-corrected chi connectivity index (χ1v) is 8.55. The van der Waals surface area contributed by atoms with Gasteiger partial charge in [0.1, 0.15) is 12.2 Å². The van der Waals surface area contributed by atoms with E-state index in [1.807, 2.05) is 26.8 Å². The third-order valence-electron chi connectivity index (χ3n) is 4.27. The predicted molar refractivity (Wildman–Crippen MR) is 92.8 cm³/mol. The summed E-state index contributed by atoms with van der Waals surface area (Å²) in [7, 11) is 0. The first-order chi connectivity index (χ1) is 11.6. The maximum atomic E-state index is 11.6. The Morgan fingerprint density at radius 2 is 1.76 bits per heavy atom. The second-order valence-electron chi connectivity index (χ2n) is 6.83. The lowest BCUT2D eigenvalue weighted by atomic mass is 9.80. The van der Waals surface area contributed by atoms with Crippen LogP contribution in [0.3, 0.4) is 0 Å². The van der Waals surface area contributed by atoms with Crippen molar-refractivity contribution in [2.24, 2.45) is 11.8 Å². The zero-order valence-electron chi connectivity index (χ0n) is 15.6. The van der Waals surface area contributed by atoms with E-state index in [1.54, 1.807) is 6.08 Å². The van der Waals surface area contributed by atoms with E-state index in [-0.39, 0.29) is 23.8 Å². The fraction of sp³-hybridized carbons (Fsp3) is 0.632. The molecule has 0 saturated carbocycles. The molecular formula is C19H28O6. The van der Waals surface area contributed by atoms with Gasteiger partial charge in [-0.2, -0.15) is 0 Å². The minimum absolute atomic E-state index is 0.00669. The van der Waals surface area contributed by atoms with E-state index in [4.69, 9.17) is 9.47 Å². The van der Waals surface area contributed by atoms with Crippen molar-refractivity contribution in [3.63, 3.8) is 0 Å². The SMILES string of the molecule is CC(=O)OC1C=C(C)CCC=C(C(=O)O)CC(OC(C)=O)C1C(C)C. The summed E-state index contributed by atoms with van der Waals surface area (Å²) in [5.41, 5.74) is 1.22. The lowest BCUT2D eigenvalue weighted by molar-refractivity contribution is -0.159. The number of carboxylic acids is 1. The van der Waals surface area contributed by atoms with Crippen LogP contribution in [0.4, 0.5) is 0 Å². The Morgan fingerprint density at radius 3 is 2.24 bits per heavy atom. The summed E-state index contributed by atoms with van der Waals surface area (Å²) in [6, 6.07) is 0. The monoisotopic (exact) mass is 352 g/mol. The van der Waals surface area contributed by atoms with E-state index in [2.05, 4.69) is 0 Å². The van der Waals surface area contributed by atoms with Gasteiger partial charge in [0.15, 0.2) is 0 Å². The number of hydrogen-bond acceptors (Lipinski definition) is 5. The summed E-state index contributed by atoms with van der Waals surface area (Å²) in [5, 5.41) is 9.46. The van der Waals surface area contributed by atoms with Crippen LogP contribution >= 0.6 is 0 Å². The van der Waals surface area contributed by atoms with Crippen LogP contribution in [-0.4, -0.2) is 35.2 Å². The van der Waals surface area contributed by atoms with Crippen molar-refractivity contribution in [2.75, 3.05) is 0 Å². The fourth-order valence-electron chi connectivity index (χ4n) is 3.22. The quantitative estimate of drug-likeness (QED) is 0.617. The molecule has 3 unspecified atom stereocenters. The van der Waals surface area contributed by atoms with E-state index >= 15 is 0 Å². The minimum Gasteiger partial charge on any atom is -0.478 e. The number of carbonyl (C=O) groups excluding carboxylic acids is 2. The van der Waals surface area contributed by atoms with Crippen LogP contribution in [0, 0.1) is 11.8 Å². The number of ether oxygens (including phenoxy) is 2. The Hall–Kier alpha value is -2.11. The number of rotatable bonds is 4. The average Bonchev–Trinajstić information content (AvgIpc) is 2.43. The molecule has 0 saturated heterocycles. The molecule has 0 bridgehead atoms. The topological polar surface area (TPSA) is 89.9 Å². The second-order valence-corrected chi connectivity index (χ2v) is 6.83. The zero-order chi connectivity index (χ0) is 19.1. The average molecular weight is 352 g/mol. The van der Waals surface area contributed by atoms with E-state index in [9.17, 15) is 19.5 Å². The van der Waals surface area contributed by atoms with Crippen molar-refractivity contribution in [1.82, 2.24) is 0 Å². The van der Waals surface area contributed by atoms with Crippen molar-refractivity contribution in [3.8, 4) is 0 Å². The predicted octanol–water partition coefficient (Wildman–Crippen LogP) is 3.26. The van der Waals surface area contributed by atoms with Crippen molar-refractivity contribution < 1.29 is 29.0 Å². The molecule has 140 valence electrons. The van der Waals surface area contributed by atoms with Crippen LogP contribution in [-0.2, 0) is 23.9 Å². The van der Waals surface area contributed by atoms with Gasteiger partial charge in [-0.3, -0.25) is 9.59 Å². The van der Waals surface area contributed by atoms with Crippen LogP contribution in [0.15, 0.2) is 23.3 Å². The number of carbonyl (C=O) groups is 3. The maximum Gasteiger partial charge on any atom is 0.331 e. The Balaban J connectivity index is 3.38. The highest BCUT2D eigenvalue weighted by atomic mass is 16.6. The highest BCUT2D eigenvalue weighted by Crippen LogP contribution is 2.31. The van der Waals surface area contributed by atoms with Crippen LogP contribution in [0.2, 0.25) is 0 Å². The first kappa shape index (κ1) is 20.9. The van der Waals surface area contributed by atoms with Gasteiger partial charge >= 0.3 is 17.9 Å². The molecule has 0 aromatic carbocycles. The molecule has 0 aliphatic heterocycles. The van der Waals surface area contributed by atoms with Crippen LogP contribution < -0.4 is 0 Å². The molecule has 3 atom stereocenters. The Kier molecular flexibility index (Phi) is 7.87. The van der Waals surface area contributed by atoms with E-state index < -0.39 is 30.1 Å².